The van der Waals surface area contributed by atoms with Gasteiger partial charge in [0.15, 0.2) is 0 Å². The van der Waals surface area contributed by atoms with Crippen LogP contribution in [0.5, 0.6) is 5.75 Å². The molecule has 5 heteroatoms. The van der Waals surface area contributed by atoms with E-state index in [-0.39, 0.29) is 12.1 Å². The Kier molecular flexibility index (Phi) is 7.60. The number of piperidine rings is 1. The summed E-state index contributed by atoms with van der Waals surface area (Å²) in [6.07, 6.45) is 9.04. The molecule has 1 atom stereocenters. The standard InChI is InChI=1S/C27H36N2O3/c1-7-21-17-28-18-24(22-15-19(2)14-20(3)16-22)25(21)31-13-11-23-10-8-9-12-29(23)26(30)32-27(4,5)6/h7,14-18,23H,1,8-13H2,2-6H3. The second-order valence-corrected chi connectivity index (χ2v) is 9.65. The molecule has 2 heterocycles. The predicted octanol–water partition coefficient (Wildman–Crippen LogP) is 6.57. The van der Waals surface area contributed by atoms with Gasteiger partial charge in [0.2, 0.25) is 0 Å². The number of likely N-dealkylation sites (tertiary alicyclic amines) is 1. The fourth-order valence-corrected chi connectivity index (χ4v) is 4.27. The molecule has 1 aliphatic heterocycles. The van der Waals surface area contributed by atoms with Crippen LogP contribution in [0.3, 0.4) is 0 Å². The van der Waals surface area contributed by atoms with Gasteiger partial charge in [-0.1, -0.05) is 42.0 Å². The zero-order valence-corrected chi connectivity index (χ0v) is 20.1. The average Bonchev–Trinajstić information content (AvgIpc) is 2.72. The van der Waals surface area contributed by atoms with Crippen LogP contribution in [-0.2, 0) is 4.74 Å². The lowest BCUT2D eigenvalue weighted by Crippen LogP contribution is -2.46. The first kappa shape index (κ1) is 23.8. The van der Waals surface area contributed by atoms with Gasteiger partial charge < -0.3 is 14.4 Å². The summed E-state index contributed by atoms with van der Waals surface area (Å²) in [6.45, 7) is 15.1. The Morgan fingerprint density at radius 1 is 1.19 bits per heavy atom. The van der Waals surface area contributed by atoms with Crippen molar-refractivity contribution in [3.63, 3.8) is 0 Å². The van der Waals surface area contributed by atoms with E-state index in [1.54, 1.807) is 12.3 Å². The number of nitrogens with zero attached hydrogens (tertiary/aromatic N) is 2. The first-order valence-electron chi connectivity index (χ1n) is 11.5. The Hall–Kier alpha value is -2.82. The lowest BCUT2D eigenvalue weighted by atomic mass is 9.99. The number of carbonyl (C=O) groups is 1. The van der Waals surface area contributed by atoms with Crippen molar-refractivity contribution in [1.82, 2.24) is 9.88 Å². The van der Waals surface area contributed by atoms with Gasteiger partial charge in [0.25, 0.3) is 0 Å². The number of aromatic nitrogens is 1. The van der Waals surface area contributed by atoms with E-state index in [9.17, 15) is 4.79 Å². The van der Waals surface area contributed by atoms with Crippen LogP contribution in [0.25, 0.3) is 17.2 Å². The maximum absolute atomic E-state index is 12.7. The molecular formula is C27H36N2O3. The van der Waals surface area contributed by atoms with E-state index < -0.39 is 5.60 Å². The highest BCUT2D eigenvalue weighted by Gasteiger charge is 2.30. The molecule has 1 saturated heterocycles. The largest absolute Gasteiger partial charge is 0.492 e. The number of pyridine rings is 1. The lowest BCUT2D eigenvalue weighted by molar-refractivity contribution is 0.00743. The molecular weight excluding hydrogens is 400 g/mol. The fourth-order valence-electron chi connectivity index (χ4n) is 4.27. The summed E-state index contributed by atoms with van der Waals surface area (Å²) in [6, 6.07) is 6.57. The number of hydrogen-bond acceptors (Lipinski definition) is 4. The van der Waals surface area contributed by atoms with E-state index in [1.807, 2.05) is 31.9 Å². The molecule has 1 unspecified atom stereocenters. The monoisotopic (exact) mass is 436 g/mol. The summed E-state index contributed by atoms with van der Waals surface area (Å²) in [5.41, 5.74) is 4.82. The van der Waals surface area contributed by atoms with Crippen molar-refractivity contribution in [2.75, 3.05) is 13.2 Å². The molecule has 0 N–H and O–H groups in total. The van der Waals surface area contributed by atoms with Crippen molar-refractivity contribution in [2.24, 2.45) is 0 Å². The van der Waals surface area contributed by atoms with Crippen molar-refractivity contribution in [2.45, 2.75) is 71.9 Å². The number of aryl methyl sites for hydroxylation is 2. The molecule has 172 valence electrons. The third-order valence-corrected chi connectivity index (χ3v) is 5.63. The summed E-state index contributed by atoms with van der Waals surface area (Å²) in [5.74, 6) is 0.791. The minimum atomic E-state index is -0.494. The van der Waals surface area contributed by atoms with E-state index in [0.717, 1.165) is 54.7 Å². The maximum Gasteiger partial charge on any atom is 0.410 e. The summed E-state index contributed by atoms with van der Waals surface area (Å²) >= 11 is 0. The topological polar surface area (TPSA) is 51.7 Å². The SMILES string of the molecule is C=Cc1cncc(-c2cc(C)cc(C)c2)c1OCCC1CCCCN1C(=O)OC(C)(C)C. The highest BCUT2D eigenvalue weighted by molar-refractivity contribution is 5.75. The van der Waals surface area contributed by atoms with Crippen LogP contribution in [0.4, 0.5) is 4.79 Å². The predicted molar refractivity (Wildman–Crippen MR) is 130 cm³/mol. The van der Waals surface area contributed by atoms with Gasteiger partial charge in [0, 0.05) is 42.5 Å². The van der Waals surface area contributed by atoms with Crippen molar-refractivity contribution < 1.29 is 14.3 Å². The van der Waals surface area contributed by atoms with Crippen molar-refractivity contribution in [3.05, 3.63) is 53.9 Å². The Morgan fingerprint density at radius 3 is 2.56 bits per heavy atom. The Balaban J connectivity index is 1.76. The Morgan fingerprint density at radius 2 is 1.91 bits per heavy atom. The van der Waals surface area contributed by atoms with E-state index in [0.29, 0.717) is 6.61 Å². The molecule has 32 heavy (non-hydrogen) atoms. The molecule has 0 aliphatic carbocycles. The van der Waals surface area contributed by atoms with Gasteiger partial charge in [-0.05, 0) is 59.4 Å². The summed E-state index contributed by atoms with van der Waals surface area (Å²) in [4.78, 5) is 19.0. The molecule has 3 rings (SSSR count). The van der Waals surface area contributed by atoms with E-state index in [4.69, 9.17) is 9.47 Å². The molecule has 2 aromatic rings. The quantitative estimate of drug-likeness (QED) is 0.514. The molecule has 5 nitrogen and oxygen atoms in total. The molecule has 0 spiro atoms. The van der Waals surface area contributed by atoms with Gasteiger partial charge in [0.05, 0.1) is 6.61 Å². The van der Waals surface area contributed by atoms with Gasteiger partial charge in [-0.15, -0.1) is 0 Å². The van der Waals surface area contributed by atoms with E-state index in [1.165, 1.54) is 11.1 Å². The molecule has 1 aromatic heterocycles. The minimum Gasteiger partial charge on any atom is -0.492 e. The lowest BCUT2D eigenvalue weighted by Gasteiger charge is -2.36. The van der Waals surface area contributed by atoms with Crippen molar-refractivity contribution in [3.8, 4) is 16.9 Å². The highest BCUT2D eigenvalue weighted by Crippen LogP contribution is 2.34. The number of amides is 1. The molecule has 0 saturated carbocycles. The van der Waals surface area contributed by atoms with Crippen molar-refractivity contribution >= 4 is 12.2 Å². The Bertz CT molecular complexity index is 942. The van der Waals surface area contributed by atoms with Crippen LogP contribution in [0.2, 0.25) is 0 Å². The van der Waals surface area contributed by atoms with E-state index >= 15 is 0 Å². The molecule has 1 fully saturated rings. The minimum absolute atomic E-state index is 0.122. The van der Waals surface area contributed by atoms with Crippen LogP contribution >= 0.6 is 0 Å². The summed E-state index contributed by atoms with van der Waals surface area (Å²) < 4.78 is 12.0. The Labute approximate surface area is 192 Å². The summed E-state index contributed by atoms with van der Waals surface area (Å²) in [7, 11) is 0. The van der Waals surface area contributed by atoms with E-state index in [2.05, 4.69) is 43.6 Å². The number of carbonyl (C=O) groups excluding carboxylic acids is 1. The van der Waals surface area contributed by atoms with Crippen LogP contribution in [0, 0.1) is 13.8 Å². The first-order chi connectivity index (χ1) is 15.2. The van der Waals surface area contributed by atoms with Gasteiger partial charge >= 0.3 is 6.09 Å². The average molecular weight is 437 g/mol. The fraction of sp³-hybridized carbons (Fsp3) is 0.481. The van der Waals surface area contributed by atoms with Crippen LogP contribution < -0.4 is 4.74 Å². The second-order valence-electron chi connectivity index (χ2n) is 9.65. The third-order valence-electron chi connectivity index (χ3n) is 5.63. The maximum atomic E-state index is 12.7. The van der Waals surface area contributed by atoms with Crippen LogP contribution in [0.1, 0.15) is 63.1 Å². The number of rotatable bonds is 6. The molecule has 0 bridgehead atoms. The summed E-state index contributed by atoms with van der Waals surface area (Å²) in [5, 5.41) is 0. The van der Waals surface area contributed by atoms with Crippen LogP contribution in [-0.4, -0.2) is 40.8 Å². The number of hydrogen-bond donors (Lipinski definition) is 0. The second kappa shape index (κ2) is 10.2. The molecule has 1 aliphatic rings. The zero-order valence-electron chi connectivity index (χ0n) is 20.1. The highest BCUT2D eigenvalue weighted by atomic mass is 16.6. The van der Waals surface area contributed by atoms with Gasteiger partial charge in [-0.25, -0.2) is 4.79 Å². The normalized spacial score (nSPS) is 16.5. The molecule has 1 aromatic carbocycles. The van der Waals surface area contributed by atoms with Gasteiger partial charge in [-0.2, -0.15) is 0 Å². The van der Waals surface area contributed by atoms with Crippen molar-refractivity contribution in [1.29, 1.82) is 0 Å². The zero-order chi connectivity index (χ0) is 23.3. The third kappa shape index (κ3) is 6.12. The number of benzene rings is 1. The smallest absolute Gasteiger partial charge is 0.410 e. The molecule has 1 amide bonds. The first-order valence-corrected chi connectivity index (χ1v) is 11.5. The van der Waals surface area contributed by atoms with Gasteiger partial charge in [0.1, 0.15) is 11.4 Å². The van der Waals surface area contributed by atoms with Crippen LogP contribution in [0.15, 0.2) is 37.2 Å². The van der Waals surface area contributed by atoms with Gasteiger partial charge in [-0.3, -0.25) is 4.98 Å². The number of ether oxygens (including phenoxy) is 2. The molecule has 0 radical (unpaired) electrons.